The summed E-state index contributed by atoms with van der Waals surface area (Å²) in [7, 11) is 5.04. The summed E-state index contributed by atoms with van der Waals surface area (Å²) in [6.07, 6.45) is 2.32. The van der Waals surface area contributed by atoms with Gasteiger partial charge >= 0.3 is 0 Å². The van der Waals surface area contributed by atoms with E-state index >= 15 is 0 Å². The number of rotatable bonds is 2. The summed E-state index contributed by atoms with van der Waals surface area (Å²) in [5, 5.41) is 0. The van der Waals surface area contributed by atoms with Crippen LogP contribution in [-0.2, 0) is 22.1 Å². The maximum absolute atomic E-state index is 5.10. The van der Waals surface area contributed by atoms with Gasteiger partial charge in [0.2, 0.25) is 12.0 Å². The van der Waals surface area contributed by atoms with Crippen LogP contribution in [0.3, 0.4) is 0 Å². The maximum atomic E-state index is 5.10. The van der Waals surface area contributed by atoms with Gasteiger partial charge in [0.15, 0.2) is 0 Å². The number of morpholine rings is 1. The van der Waals surface area contributed by atoms with Crippen LogP contribution >= 0.6 is 0 Å². The van der Waals surface area contributed by atoms with E-state index in [0.717, 1.165) is 26.3 Å². The van der Waals surface area contributed by atoms with Gasteiger partial charge in [0.1, 0.15) is 0 Å². The molecular formula is C10H17CrN4O3-. The molecule has 1 fully saturated rings. The van der Waals surface area contributed by atoms with E-state index in [1.165, 1.54) is 14.2 Å². The number of methoxy groups -OCH3 is 2. The maximum Gasteiger partial charge on any atom is 0.202 e. The molecule has 0 spiro atoms. The van der Waals surface area contributed by atoms with Crippen LogP contribution in [0.2, 0.25) is 0 Å². The minimum Gasteiger partial charge on any atom is -0.524 e. The number of hydrogen-bond donors (Lipinski definition) is 0. The third-order valence-corrected chi connectivity index (χ3v) is 2.08. The van der Waals surface area contributed by atoms with E-state index in [2.05, 4.69) is 42.7 Å². The van der Waals surface area contributed by atoms with Gasteiger partial charge in [-0.25, -0.2) is 0 Å². The van der Waals surface area contributed by atoms with Crippen molar-refractivity contribution in [1.29, 1.82) is 0 Å². The van der Waals surface area contributed by atoms with Crippen LogP contribution in [0.15, 0.2) is 0 Å². The Labute approximate surface area is 118 Å². The van der Waals surface area contributed by atoms with Crippen molar-refractivity contribution in [2.24, 2.45) is 0 Å². The second kappa shape index (κ2) is 10.0. The summed E-state index contributed by atoms with van der Waals surface area (Å²) in [4.78, 5) is 13.1. The van der Waals surface area contributed by atoms with Gasteiger partial charge in [0.25, 0.3) is 0 Å². The van der Waals surface area contributed by atoms with Gasteiger partial charge in [-0.2, -0.15) is 0 Å². The van der Waals surface area contributed by atoms with E-state index in [4.69, 9.17) is 4.74 Å². The zero-order chi connectivity index (χ0) is 12.5. The largest absolute Gasteiger partial charge is 0.524 e. The van der Waals surface area contributed by atoms with Crippen molar-refractivity contribution in [2.75, 3.05) is 47.6 Å². The first-order valence-electron chi connectivity index (χ1n) is 5.22. The van der Waals surface area contributed by atoms with Gasteiger partial charge in [-0.15, -0.1) is 0 Å². The molecule has 102 valence electrons. The Morgan fingerprint density at radius 2 is 1.61 bits per heavy atom. The minimum atomic E-state index is 0. The SMILES string of the molecule is CN1CCOCC1.COc1n[c-]nc(OC)n1.[Cr]. The van der Waals surface area contributed by atoms with Crippen LogP contribution in [0.1, 0.15) is 0 Å². The van der Waals surface area contributed by atoms with Gasteiger partial charge in [-0.1, -0.05) is 0 Å². The van der Waals surface area contributed by atoms with Crippen LogP contribution in [0.5, 0.6) is 12.0 Å². The molecule has 8 heteroatoms. The minimum absolute atomic E-state index is 0. The molecule has 7 nitrogen and oxygen atoms in total. The average molecular weight is 293 g/mol. The summed E-state index contributed by atoms with van der Waals surface area (Å²) < 4.78 is 14.5. The molecule has 0 atom stereocenters. The van der Waals surface area contributed by atoms with Crippen molar-refractivity contribution < 1.29 is 31.6 Å². The molecule has 0 aliphatic carbocycles. The van der Waals surface area contributed by atoms with Crippen molar-refractivity contribution in [3.8, 4) is 12.0 Å². The molecule has 0 radical (unpaired) electrons. The zero-order valence-electron chi connectivity index (χ0n) is 10.8. The van der Waals surface area contributed by atoms with Gasteiger partial charge in [0.05, 0.1) is 27.4 Å². The first kappa shape index (κ1) is 17.1. The van der Waals surface area contributed by atoms with E-state index in [9.17, 15) is 0 Å². The van der Waals surface area contributed by atoms with Crippen LogP contribution < -0.4 is 9.47 Å². The van der Waals surface area contributed by atoms with Crippen LogP contribution in [0.4, 0.5) is 0 Å². The molecule has 0 aromatic carbocycles. The molecule has 18 heavy (non-hydrogen) atoms. The van der Waals surface area contributed by atoms with Crippen molar-refractivity contribution in [3.63, 3.8) is 0 Å². The van der Waals surface area contributed by atoms with Crippen molar-refractivity contribution in [3.05, 3.63) is 6.33 Å². The zero-order valence-corrected chi connectivity index (χ0v) is 12.0. The topological polar surface area (TPSA) is 69.6 Å². The number of ether oxygens (including phenoxy) is 3. The molecule has 0 unspecified atom stereocenters. The Morgan fingerprint density at radius 1 is 1.11 bits per heavy atom. The van der Waals surface area contributed by atoms with E-state index in [0.29, 0.717) is 0 Å². The summed E-state index contributed by atoms with van der Waals surface area (Å²) in [6, 6.07) is 0.402. The molecule has 1 aliphatic heterocycles. The normalized spacial score (nSPS) is 14.8. The second-order valence-corrected chi connectivity index (χ2v) is 3.32. The number of nitrogens with zero attached hydrogens (tertiary/aromatic N) is 4. The van der Waals surface area contributed by atoms with Crippen LogP contribution in [0, 0.1) is 6.33 Å². The van der Waals surface area contributed by atoms with Crippen molar-refractivity contribution in [2.45, 2.75) is 0 Å². The molecule has 1 aromatic heterocycles. The summed E-state index contributed by atoms with van der Waals surface area (Å²) >= 11 is 0. The quantitative estimate of drug-likeness (QED) is 0.689. The standard InChI is InChI=1S/C5H6N3O2.C5H11NO.Cr/c1-9-4-6-3-7-5(8-4)10-2;1-6-2-4-7-5-3-6;/h1-2H3;2-5H2,1H3;/q-1;;. The van der Waals surface area contributed by atoms with Crippen molar-refractivity contribution >= 4 is 0 Å². The molecule has 1 aliphatic rings. The van der Waals surface area contributed by atoms with Crippen LogP contribution in [0.25, 0.3) is 0 Å². The fourth-order valence-electron chi connectivity index (χ4n) is 1.08. The van der Waals surface area contributed by atoms with Gasteiger partial charge in [-0.3, -0.25) is 4.98 Å². The monoisotopic (exact) mass is 293 g/mol. The van der Waals surface area contributed by atoms with Crippen LogP contribution in [-0.4, -0.2) is 67.4 Å². The Balaban J connectivity index is 0.000000321. The van der Waals surface area contributed by atoms with E-state index in [1.807, 2.05) is 0 Å². The predicted octanol–water partition coefficient (Wildman–Crippen LogP) is -0.365. The Kier molecular flexibility index (Phi) is 9.51. The predicted molar refractivity (Wildman–Crippen MR) is 60.1 cm³/mol. The molecule has 0 saturated carbocycles. The molecule has 0 bridgehead atoms. The fraction of sp³-hybridized carbons (Fsp3) is 0.700. The van der Waals surface area contributed by atoms with E-state index in [-0.39, 0.29) is 29.4 Å². The summed E-state index contributed by atoms with van der Waals surface area (Å²) in [6.45, 7) is 4.02. The molecule has 0 N–H and O–H groups in total. The first-order chi connectivity index (χ1) is 8.26. The van der Waals surface area contributed by atoms with E-state index in [1.54, 1.807) is 0 Å². The third-order valence-electron chi connectivity index (χ3n) is 2.08. The molecule has 2 heterocycles. The molecule has 1 saturated heterocycles. The fourth-order valence-corrected chi connectivity index (χ4v) is 1.08. The Morgan fingerprint density at radius 3 is 1.94 bits per heavy atom. The smallest absolute Gasteiger partial charge is 0.202 e. The summed E-state index contributed by atoms with van der Waals surface area (Å²) in [5.74, 6) is 0. The van der Waals surface area contributed by atoms with E-state index < -0.39 is 0 Å². The Hall–Kier alpha value is -0.938. The molecule has 1 aromatic rings. The second-order valence-electron chi connectivity index (χ2n) is 3.32. The Bertz CT molecular complexity index is 304. The number of likely N-dealkylation sites (N-methyl/N-ethyl adjacent to an activating group) is 1. The number of aromatic nitrogens is 3. The number of hydrogen-bond acceptors (Lipinski definition) is 7. The summed E-state index contributed by atoms with van der Waals surface area (Å²) in [5.41, 5.74) is 0. The first-order valence-corrected chi connectivity index (χ1v) is 5.22. The van der Waals surface area contributed by atoms with Crippen molar-refractivity contribution in [1.82, 2.24) is 19.9 Å². The van der Waals surface area contributed by atoms with Gasteiger partial charge < -0.3 is 29.1 Å². The third kappa shape index (κ3) is 6.71. The molecule has 0 amide bonds. The van der Waals surface area contributed by atoms with Gasteiger partial charge in [0, 0.05) is 36.8 Å². The van der Waals surface area contributed by atoms with Gasteiger partial charge in [-0.05, 0) is 7.05 Å². The molecule has 2 rings (SSSR count). The average Bonchev–Trinajstić information content (AvgIpc) is 2.40. The molecular weight excluding hydrogens is 276 g/mol.